The van der Waals surface area contributed by atoms with Crippen molar-refractivity contribution in [1.29, 1.82) is 0 Å². The van der Waals surface area contributed by atoms with E-state index in [2.05, 4.69) is 5.32 Å². The Hall–Kier alpha value is -2.90. The number of non-ortho nitro benzene ring substituents is 1. The molecule has 0 heterocycles. The van der Waals surface area contributed by atoms with E-state index in [0.29, 0.717) is 12.1 Å². The monoisotopic (exact) mass is 296 g/mol. The maximum absolute atomic E-state index is 13.0. The van der Waals surface area contributed by atoms with Gasteiger partial charge in [0.1, 0.15) is 0 Å². The molecule has 0 saturated carbocycles. The average molecular weight is 296 g/mol. The lowest BCUT2D eigenvalue weighted by Gasteiger charge is -2.06. The zero-order valence-electron chi connectivity index (χ0n) is 10.3. The summed E-state index contributed by atoms with van der Waals surface area (Å²) in [6.07, 6.45) is 0. The largest absolute Gasteiger partial charge is 0.322 e. The Morgan fingerprint density at radius 3 is 2.29 bits per heavy atom. The van der Waals surface area contributed by atoms with Crippen LogP contribution >= 0.6 is 0 Å². The Labute approximate surface area is 116 Å². The molecule has 2 aromatic rings. The zero-order valence-corrected chi connectivity index (χ0v) is 10.3. The number of halogens is 3. The van der Waals surface area contributed by atoms with Gasteiger partial charge in [-0.25, -0.2) is 13.2 Å². The van der Waals surface area contributed by atoms with E-state index in [1.807, 2.05) is 0 Å². The number of nitro groups is 1. The van der Waals surface area contributed by atoms with Gasteiger partial charge in [-0.3, -0.25) is 14.9 Å². The second-order valence-corrected chi connectivity index (χ2v) is 4.02. The number of amides is 1. The summed E-state index contributed by atoms with van der Waals surface area (Å²) >= 11 is 0. The van der Waals surface area contributed by atoms with Crippen LogP contribution in [0.25, 0.3) is 0 Å². The van der Waals surface area contributed by atoms with Crippen molar-refractivity contribution in [3.63, 3.8) is 0 Å². The fraction of sp³-hybridized carbons (Fsp3) is 0. The second-order valence-electron chi connectivity index (χ2n) is 4.02. The third-order valence-electron chi connectivity index (χ3n) is 2.56. The number of nitrogens with zero attached hydrogens (tertiary/aromatic N) is 1. The summed E-state index contributed by atoms with van der Waals surface area (Å²) < 4.78 is 38.8. The second kappa shape index (κ2) is 5.61. The highest BCUT2D eigenvalue weighted by atomic mass is 19.2. The van der Waals surface area contributed by atoms with Gasteiger partial charge in [0, 0.05) is 23.4 Å². The number of hydrogen-bond donors (Lipinski definition) is 1. The van der Waals surface area contributed by atoms with Crippen LogP contribution in [0.4, 0.5) is 24.5 Å². The summed E-state index contributed by atoms with van der Waals surface area (Å²) in [4.78, 5) is 21.7. The molecule has 108 valence electrons. The normalized spacial score (nSPS) is 10.2. The first kappa shape index (κ1) is 14.5. The van der Waals surface area contributed by atoms with E-state index < -0.39 is 33.8 Å². The molecule has 21 heavy (non-hydrogen) atoms. The number of nitro benzene ring substituents is 1. The van der Waals surface area contributed by atoms with Gasteiger partial charge in [-0.2, -0.15) is 0 Å². The lowest BCUT2D eigenvalue weighted by Crippen LogP contribution is -2.13. The predicted molar refractivity (Wildman–Crippen MR) is 67.4 cm³/mol. The van der Waals surface area contributed by atoms with Crippen molar-refractivity contribution in [1.82, 2.24) is 0 Å². The van der Waals surface area contributed by atoms with Gasteiger partial charge in [-0.1, -0.05) is 6.07 Å². The van der Waals surface area contributed by atoms with Crippen LogP contribution in [0.2, 0.25) is 0 Å². The molecule has 0 fully saturated rings. The molecule has 0 aliphatic rings. The summed E-state index contributed by atoms with van der Waals surface area (Å²) in [5, 5.41) is 12.8. The first-order valence-corrected chi connectivity index (χ1v) is 5.59. The molecule has 0 spiro atoms. The van der Waals surface area contributed by atoms with Crippen molar-refractivity contribution in [2.45, 2.75) is 0 Å². The Balaban J connectivity index is 2.26. The van der Waals surface area contributed by atoms with Gasteiger partial charge < -0.3 is 5.32 Å². The Bertz CT molecular complexity index is 711. The van der Waals surface area contributed by atoms with Crippen LogP contribution in [0.15, 0.2) is 36.4 Å². The fourth-order valence-corrected chi connectivity index (χ4v) is 1.59. The average Bonchev–Trinajstić information content (AvgIpc) is 2.44. The van der Waals surface area contributed by atoms with Crippen molar-refractivity contribution < 1.29 is 22.9 Å². The van der Waals surface area contributed by atoms with Gasteiger partial charge in [0.2, 0.25) is 0 Å². The van der Waals surface area contributed by atoms with Gasteiger partial charge >= 0.3 is 0 Å². The molecule has 8 heteroatoms. The van der Waals surface area contributed by atoms with E-state index in [1.54, 1.807) is 0 Å². The number of hydrogen-bond acceptors (Lipinski definition) is 3. The number of carbonyl (C=O) groups excluding carboxylic acids is 1. The Morgan fingerprint density at radius 2 is 1.71 bits per heavy atom. The number of anilines is 1. The van der Waals surface area contributed by atoms with Crippen molar-refractivity contribution in [3.8, 4) is 0 Å². The zero-order chi connectivity index (χ0) is 15.6. The molecular formula is C13H7F3N2O3. The first-order valence-electron chi connectivity index (χ1n) is 5.59. The topological polar surface area (TPSA) is 72.2 Å². The van der Waals surface area contributed by atoms with E-state index in [-0.39, 0.29) is 11.4 Å². The van der Waals surface area contributed by atoms with E-state index in [4.69, 9.17) is 0 Å². The third kappa shape index (κ3) is 3.16. The number of benzene rings is 2. The van der Waals surface area contributed by atoms with E-state index >= 15 is 0 Å². The molecule has 0 bridgehead atoms. The maximum atomic E-state index is 13.0. The van der Waals surface area contributed by atoms with Crippen LogP contribution in [-0.4, -0.2) is 10.8 Å². The molecular weight excluding hydrogens is 289 g/mol. The molecule has 0 aromatic heterocycles. The molecule has 0 aliphatic heterocycles. The van der Waals surface area contributed by atoms with E-state index in [9.17, 15) is 28.1 Å². The fourth-order valence-electron chi connectivity index (χ4n) is 1.59. The molecule has 1 amide bonds. The summed E-state index contributed by atoms with van der Waals surface area (Å²) in [6.45, 7) is 0. The molecule has 2 aromatic carbocycles. The maximum Gasteiger partial charge on any atom is 0.271 e. The van der Waals surface area contributed by atoms with Crippen molar-refractivity contribution in [2.24, 2.45) is 0 Å². The SMILES string of the molecule is O=C(Nc1cccc([N+](=O)[O-])c1)c1cc(F)c(F)c(F)c1. The third-order valence-corrected chi connectivity index (χ3v) is 2.56. The Kier molecular flexibility index (Phi) is 3.88. The van der Waals surface area contributed by atoms with E-state index in [0.717, 1.165) is 6.07 Å². The van der Waals surface area contributed by atoms with Crippen LogP contribution < -0.4 is 5.32 Å². The van der Waals surface area contributed by atoms with Crippen molar-refractivity contribution >= 4 is 17.3 Å². The van der Waals surface area contributed by atoms with Gasteiger partial charge in [0.15, 0.2) is 17.5 Å². The quantitative estimate of drug-likeness (QED) is 0.537. The minimum atomic E-state index is -1.68. The highest BCUT2D eigenvalue weighted by molar-refractivity contribution is 6.04. The lowest BCUT2D eigenvalue weighted by atomic mass is 10.2. The summed E-state index contributed by atoms with van der Waals surface area (Å²) in [5.41, 5.74) is -0.637. The number of nitrogens with one attached hydrogen (secondary N) is 1. The Morgan fingerprint density at radius 1 is 1.10 bits per heavy atom. The van der Waals surface area contributed by atoms with Gasteiger partial charge in [-0.05, 0) is 18.2 Å². The van der Waals surface area contributed by atoms with Crippen LogP contribution in [-0.2, 0) is 0 Å². The number of carbonyl (C=O) groups is 1. The summed E-state index contributed by atoms with van der Waals surface area (Å²) in [5.74, 6) is -5.60. The molecule has 5 nitrogen and oxygen atoms in total. The summed E-state index contributed by atoms with van der Waals surface area (Å²) in [7, 11) is 0. The van der Waals surface area contributed by atoms with Crippen molar-refractivity contribution in [3.05, 3.63) is 69.5 Å². The van der Waals surface area contributed by atoms with Gasteiger partial charge in [0.25, 0.3) is 11.6 Å². The van der Waals surface area contributed by atoms with Crippen LogP contribution in [0, 0.1) is 27.6 Å². The standard InChI is InChI=1S/C13H7F3N2O3/c14-10-4-7(5-11(15)12(10)16)13(19)17-8-2-1-3-9(6-8)18(20)21/h1-6H,(H,17,19). The molecule has 0 unspecified atom stereocenters. The molecule has 2 rings (SSSR count). The van der Waals surface area contributed by atoms with E-state index in [1.165, 1.54) is 18.2 Å². The lowest BCUT2D eigenvalue weighted by molar-refractivity contribution is -0.384. The smallest absolute Gasteiger partial charge is 0.271 e. The molecule has 1 N–H and O–H groups in total. The van der Waals surface area contributed by atoms with Crippen LogP contribution in [0.1, 0.15) is 10.4 Å². The van der Waals surface area contributed by atoms with Crippen LogP contribution in [0.5, 0.6) is 0 Å². The molecule has 0 saturated heterocycles. The van der Waals surface area contributed by atoms with Gasteiger partial charge in [-0.15, -0.1) is 0 Å². The van der Waals surface area contributed by atoms with Gasteiger partial charge in [0.05, 0.1) is 4.92 Å². The molecule has 0 atom stereocenters. The number of rotatable bonds is 3. The highest BCUT2D eigenvalue weighted by Crippen LogP contribution is 2.19. The first-order chi connectivity index (χ1) is 9.88. The van der Waals surface area contributed by atoms with Crippen molar-refractivity contribution in [2.75, 3.05) is 5.32 Å². The molecule has 0 aliphatic carbocycles. The summed E-state index contributed by atoms with van der Waals surface area (Å²) in [6, 6.07) is 6.05. The minimum Gasteiger partial charge on any atom is -0.322 e. The highest BCUT2D eigenvalue weighted by Gasteiger charge is 2.16. The molecule has 0 radical (unpaired) electrons. The minimum absolute atomic E-state index is 0.0688. The predicted octanol–water partition coefficient (Wildman–Crippen LogP) is 3.26. The van der Waals surface area contributed by atoms with Crippen LogP contribution in [0.3, 0.4) is 0 Å².